The summed E-state index contributed by atoms with van der Waals surface area (Å²) in [5, 5.41) is 16.3. The normalized spacial score (nSPS) is 11.6. The van der Waals surface area contributed by atoms with Gasteiger partial charge in [0.15, 0.2) is 11.5 Å². The Morgan fingerprint density at radius 3 is 2.31 bits per heavy atom. The van der Waals surface area contributed by atoms with Crippen LogP contribution in [0, 0.1) is 0 Å². The predicted octanol–water partition coefficient (Wildman–Crippen LogP) is 4.34. The van der Waals surface area contributed by atoms with E-state index in [0.717, 1.165) is 17.8 Å². The van der Waals surface area contributed by atoms with Gasteiger partial charge in [-0.15, -0.1) is 20.4 Å². The first-order valence-electron chi connectivity index (χ1n) is 7.98. The molecule has 0 atom stereocenters. The third-order valence-electron chi connectivity index (χ3n) is 3.64. The Balaban J connectivity index is 1.75. The van der Waals surface area contributed by atoms with E-state index in [2.05, 4.69) is 30.4 Å². The van der Waals surface area contributed by atoms with E-state index >= 15 is 0 Å². The minimum atomic E-state index is -4.56. The molecule has 0 N–H and O–H groups in total. The molecule has 3 aromatic heterocycles. The summed E-state index contributed by atoms with van der Waals surface area (Å²) in [4.78, 5) is 8.27. The summed E-state index contributed by atoms with van der Waals surface area (Å²) in [5.41, 5.74) is 0.0870. The van der Waals surface area contributed by atoms with Gasteiger partial charge in [0.2, 0.25) is 5.16 Å². The van der Waals surface area contributed by atoms with Gasteiger partial charge in [-0.05, 0) is 48.2 Å². The summed E-state index contributed by atoms with van der Waals surface area (Å²) >= 11 is 6.99. The molecule has 0 radical (unpaired) electrons. The second kappa shape index (κ2) is 7.76. The summed E-state index contributed by atoms with van der Waals surface area (Å²) in [6.45, 7) is 0. The smallest absolute Gasteiger partial charge is 0.268 e. The van der Waals surface area contributed by atoms with Crippen LogP contribution in [0.4, 0.5) is 13.2 Å². The number of benzene rings is 1. The summed E-state index contributed by atoms with van der Waals surface area (Å²) in [5.74, 6) is 0.405. The Hall–Kier alpha value is -3.05. The van der Waals surface area contributed by atoms with Crippen LogP contribution in [-0.2, 0) is 6.18 Å². The van der Waals surface area contributed by atoms with Crippen LogP contribution in [0.25, 0.3) is 17.2 Å². The third kappa shape index (κ3) is 4.20. The Kier molecular flexibility index (Phi) is 5.16. The average Bonchev–Trinajstić information content (AvgIpc) is 3.12. The number of halogens is 4. The molecule has 0 fully saturated rings. The van der Waals surface area contributed by atoms with Gasteiger partial charge >= 0.3 is 6.18 Å². The lowest BCUT2D eigenvalue weighted by Crippen LogP contribution is -2.09. The zero-order valence-electron chi connectivity index (χ0n) is 14.2. The topological polar surface area (TPSA) is 82.3 Å². The van der Waals surface area contributed by atoms with E-state index in [9.17, 15) is 13.2 Å². The van der Waals surface area contributed by atoms with Gasteiger partial charge in [-0.2, -0.15) is 13.2 Å². The number of hydrogen-bond donors (Lipinski definition) is 0. The van der Waals surface area contributed by atoms with Crippen molar-refractivity contribution in [2.24, 2.45) is 0 Å². The average molecular weight is 436 g/mol. The van der Waals surface area contributed by atoms with Crippen molar-refractivity contribution < 1.29 is 13.2 Å². The molecule has 0 unspecified atom stereocenters. The molecule has 4 aromatic rings. The third-order valence-corrected chi connectivity index (χ3v) is 4.76. The zero-order chi connectivity index (χ0) is 20.4. The van der Waals surface area contributed by atoms with E-state index in [1.807, 2.05) is 0 Å². The second-order valence-electron chi connectivity index (χ2n) is 5.57. The molecule has 1 aromatic carbocycles. The van der Waals surface area contributed by atoms with Gasteiger partial charge in [0.05, 0.1) is 6.20 Å². The van der Waals surface area contributed by atoms with Gasteiger partial charge in [-0.3, -0.25) is 9.55 Å². The number of nitrogens with zero attached hydrogens (tertiary/aromatic N) is 7. The van der Waals surface area contributed by atoms with E-state index in [0.29, 0.717) is 27.4 Å². The van der Waals surface area contributed by atoms with Gasteiger partial charge in [0, 0.05) is 23.1 Å². The lowest BCUT2D eigenvalue weighted by atomic mass is 10.3. The number of hydrogen-bond acceptors (Lipinski definition) is 7. The van der Waals surface area contributed by atoms with E-state index < -0.39 is 11.9 Å². The number of rotatable bonds is 4. The highest BCUT2D eigenvalue weighted by Crippen LogP contribution is 2.32. The highest BCUT2D eigenvalue weighted by atomic mass is 35.5. The molecule has 0 saturated heterocycles. The molecule has 7 nitrogen and oxygen atoms in total. The SMILES string of the molecule is FC(F)(F)c1ccc(Sc2nnc(-c3cnccn3)n2-c2ccc(Cl)cc2)nn1. The molecular formula is C17H9ClF3N7S. The Bertz CT molecular complexity index is 1120. The molecule has 146 valence electrons. The first-order valence-corrected chi connectivity index (χ1v) is 9.18. The lowest BCUT2D eigenvalue weighted by molar-refractivity contribution is -0.141. The van der Waals surface area contributed by atoms with Crippen LogP contribution in [-0.4, -0.2) is 34.9 Å². The highest BCUT2D eigenvalue weighted by Gasteiger charge is 2.33. The predicted molar refractivity (Wildman–Crippen MR) is 98.6 cm³/mol. The zero-order valence-corrected chi connectivity index (χ0v) is 15.8. The Morgan fingerprint density at radius 1 is 0.897 bits per heavy atom. The largest absolute Gasteiger partial charge is 0.435 e. The van der Waals surface area contributed by atoms with Crippen molar-refractivity contribution in [3.63, 3.8) is 0 Å². The summed E-state index contributed by atoms with van der Waals surface area (Å²) in [6.07, 6.45) is 0.0196. The Morgan fingerprint density at radius 2 is 1.69 bits per heavy atom. The van der Waals surface area contributed by atoms with Crippen LogP contribution in [0.5, 0.6) is 0 Å². The molecule has 4 rings (SSSR count). The highest BCUT2D eigenvalue weighted by molar-refractivity contribution is 7.99. The molecule has 0 aliphatic carbocycles. The summed E-state index contributed by atoms with van der Waals surface area (Å²) in [7, 11) is 0. The number of alkyl halides is 3. The fourth-order valence-electron chi connectivity index (χ4n) is 2.36. The van der Waals surface area contributed by atoms with Crippen LogP contribution in [0.15, 0.2) is 65.2 Å². The molecule has 12 heteroatoms. The van der Waals surface area contributed by atoms with E-state index in [-0.39, 0.29) is 5.03 Å². The number of aromatic nitrogens is 7. The van der Waals surface area contributed by atoms with Gasteiger partial charge in [0.25, 0.3) is 0 Å². The molecule has 3 heterocycles. The van der Waals surface area contributed by atoms with Crippen molar-refractivity contribution >= 4 is 23.4 Å². The maximum atomic E-state index is 12.7. The first-order chi connectivity index (χ1) is 13.9. The monoisotopic (exact) mass is 435 g/mol. The van der Waals surface area contributed by atoms with Crippen LogP contribution in [0.1, 0.15) is 5.69 Å². The Labute approximate surface area is 171 Å². The van der Waals surface area contributed by atoms with Gasteiger partial charge in [0.1, 0.15) is 10.7 Å². The van der Waals surface area contributed by atoms with E-state index in [4.69, 9.17) is 11.6 Å². The fraction of sp³-hybridized carbons (Fsp3) is 0.0588. The summed E-state index contributed by atoms with van der Waals surface area (Å²) in [6, 6.07) is 9.00. The van der Waals surface area contributed by atoms with Gasteiger partial charge < -0.3 is 0 Å². The maximum Gasteiger partial charge on any atom is 0.435 e. The van der Waals surface area contributed by atoms with Gasteiger partial charge in [-0.25, -0.2) is 4.98 Å². The minimum Gasteiger partial charge on any atom is -0.268 e. The van der Waals surface area contributed by atoms with Crippen molar-refractivity contribution in [3.8, 4) is 17.2 Å². The van der Waals surface area contributed by atoms with Gasteiger partial charge in [-0.1, -0.05) is 11.6 Å². The van der Waals surface area contributed by atoms with Crippen LogP contribution < -0.4 is 0 Å². The quantitative estimate of drug-likeness (QED) is 0.471. The van der Waals surface area contributed by atoms with E-state index in [1.165, 1.54) is 24.7 Å². The van der Waals surface area contributed by atoms with Crippen molar-refractivity contribution in [1.82, 2.24) is 34.9 Å². The molecule has 0 spiro atoms. The van der Waals surface area contributed by atoms with Crippen molar-refractivity contribution in [1.29, 1.82) is 0 Å². The van der Waals surface area contributed by atoms with Crippen molar-refractivity contribution in [2.45, 2.75) is 16.4 Å². The molecule has 29 heavy (non-hydrogen) atoms. The maximum absolute atomic E-state index is 12.7. The molecule has 0 amide bonds. The fourth-order valence-corrected chi connectivity index (χ4v) is 3.25. The van der Waals surface area contributed by atoms with Crippen LogP contribution >= 0.6 is 23.4 Å². The van der Waals surface area contributed by atoms with Crippen molar-refractivity contribution in [3.05, 3.63) is 65.7 Å². The standard InChI is InChI=1S/C17H9ClF3N7S/c18-10-1-3-11(4-2-10)28-15(12-9-22-7-8-23-12)26-27-16(28)29-14-6-5-13(24-25-14)17(19,20)21/h1-9H. The first kappa shape index (κ1) is 19.3. The summed E-state index contributed by atoms with van der Waals surface area (Å²) < 4.78 is 39.8. The molecule has 0 bridgehead atoms. The van der Waals surface area contributed by atoms with E-state index in [1.54, 1.807) is 28.8 Å². The second-order valence-corrected chi connectivity index (χ2v) is 6.99. The minimum absolute atomic E-state index is 0.228. The molecular weight excluding hydrogens is 427 g/mol. The molecule has 0 aliphatic rings. The van der Waals surface area contributed by atoms with Crippen molar-refractivity contribution in [2.75, 3.05) is 0 Å². The molecule has 0 saturated carbocycles. The lowest BCUT2D eigenvalue weighted by Gasteiger charge is -2.10. The molecule has 0 aliphatic heterocycles. The van der Waals surface area contributed by atoms with Crippen LogP contribution in [0.2, 0.25) is 5.02 Å². The van der Waals surface area contributed by atoms with Crippen LogP contribution in [0.3, 0.4) is 0 Å².